The van der Waals surface area contributed by atoms with E-state index >= 15 is 0 Å². The van der Waals surface area contributed by atoms with Crippen molar-refractivity contribution in [3.05, 3.63) is 22.7 Å². The van der Waals surface area contributed by atoms with Gasteiger partial charge in [-0.1, -0.05) is 0 Å². The van der Waals surface area contributed by atoms with Gasteiger partial charge in [-0.25, -0.2) is 9.59 Å². The monoisotopic (exact) mass is 441 g/mol. The highest BCUT2D eigenvalue weighted by Crippen LogP contribution is 2.32. The third-order valence-electron chi connectivity index (χ3n) is 4.32. The average Bonchev–Trinajstić information content (AvgIpc) is 3.06. The summed E-state index contributed by atoms with van der Waals surface area (Å²) in [5.74, 6) is -2.19. The number of rotatable bonds is 8. The maximum absolute atomic E-state index is 12.4. The molecule has 1 saturated heterocycles. The van der Waals surface area contributed by atoms with Crippen molar-refractivity contribution in [2.75, 3.05) is 18.5 Å². The molecule has 172 valence electrons. The van der Waals surface area contributed by atoms with Crippen LogP contribution in [0.1, 0.15) is 46.3 Å². The first-order chi connectivity index (χ1) is 14.5. The summed E-state index contributed by atoms with van der Waals surface area (Å²) in [6.45, 7) is 4.67. The molecule has 3 N–H and O–H groups in total. The van der Waals surface area contributed by atoms with Crippen LogP contribution in [0, 0.1) is 5.92 Å². The molecule has 0 aliphatic carbocycles. The number of carboxylic acids is 1. The van der Waals surface area contributed by atoms with E-state index in [1.54, 1.807) is 20.8 Å². The highest BCUT2D eigenvalue weighted by Gasteiger charge is 2.37. The highest BCUT2D eigenvalue weighted by atomic mass is 16.6. The number of carbonyl (C=O) groups excluding carboxylic acids is 2. The summed E-state index contributed by atoms with van der Waals surface area (Å²) in [6, 6.07) is 1.40. The molecule has 1 aliphatic heterocycles. The van der Waals surface area contributed by atoms with E-state index in [9.17, 15) is 24.3 Å². The number of aliphatic carboxylic acids is 1. The number of aliphatic hydroxyl groups excluding tert-OH is 1. The Morgan fingerprint density at radius 1 is 1.32 bits per heavy atom. The van der Waals surface area contributed by atoms with Gasteiger partial charge in [-0.15, -0.1) is 0 Å². The lowest BCUT2D eigenvalue weighted by Crippen LogP contribution is -2.31. The lowest BCUT2D eigenvalue weighted by Gasteiger charge is -2.19. The number of hydrogen-bond acceptors (Lipinski definition) is 9. The van der Waals surface area contributed by atoms with Crippen molar-refractivity contribution < 1.29 is 38.8 Å². The molecule has 1 aromatic heterocycles. The van der Waals surface area contributed by atoms with E-state index in [0.29, 0.717) is 0 Å². The third-order valence-corrected chi connectivity index (χ3v) is 4.32. The van der Waals surface area contributed by atoms with E-state index in [4.69, 9.17) is 19.3 Å². The van der Waals surface area contributed by atoms with Crippen molar-refractivity contribution >= 4 is 23.8 Å². The maximum atomic E-state index is 12.4. The molecule has 0 saturated carbocycles. The first-order valence-electron chi connectivity index (χ1n) is 9.71. The SMILES string of the molecule is CC(C)(C)OC(=O)Nc1ccn(C2CC(CO)C(COC(=O)CCC(=O)O)O2)c(=O)n1. The van der Waals surface area contributed by atoms with Crippen molar-refractivity contribution in [3.63, 3.8) is 0 Å². The molecule has 1 aromatic rings. The largest absolute Gasteiger partial charge is 0.481 e. The standard InChI is InChI=1S/C19H27N3O9/c1-19(2,3)31-18(28)21-13-6-7-22(17(27)20-13)14-8-11(9-23)12(30-14)10-29-16(26)5-4-15(24)25/h6-7,11-12,14,23H,4-5,8-10H2,1-3H3,(H,24,25)(H,20,21,27,28). The summed E-state index contributed by atoms with van der Waals surface area (Å²) in [7, 11) is 0. The average molecular weight is 441 g/mol. The number of carboxylic acid groups (broad SMARTS) is 1. The van der Waals surface area contributed by atoms with Gasteiger partial charge in [-0.2, -0.15) is 4.98 Å². The minimum Gasteiger partial charge on any atom is -0.481 e. The van der Waals surface area contributed by atoms with E-state index in [-0.39, 0.29) is 38.3 Å². The van der Waals surface area contributed by atoms with Crippen molar-refractivity contribution in [2.24, 2.45) is 5.92 Å². The van der Waals surface area contributed by atoms with Crippen molar-refractivity contribution in [2.45, 2.75) is 58.0 Å². The molecule has 2 heterocycles. The lowest BCUT2D eigenvalue weighted by molar-refractivity contribution is -0.152. The summed E-state index contributed by atoms with van der Waals surface area (Å²) in [5.41, 5.74) is -1.39. The Morgan fingerprint density at radius 2 is 2.03 bits per heavy atom. The zero-order valence-corrected chi connectivity index (χ0v) is 17.6. The van der Waals surface area contributed by atoms with Gasteiger partial charge in [0.25, 0.3) is 0 Å². The number of ether oxygens (including phenoxy) is 3. The van der Waals surface area contributed by atoms with E-state index in [0.717, 1.165) is 0 Å². The first-order valence-corrected chi connectivity index (χ1v) is 9.71. The first kappa shape index (κ1) is 24.3. The van der Waals surface area contributed by atoms with Gasteiger partial charge in [0.1, 0.15) is 24.3 Å². The molecule has 0 aromatic carbocycles. The fourth-order valence-corrected chi connectivity index (χ4v) is 2.89. The van der Waals surface area contributed by atoms with Gasteiger partial charge in [0.15, 0.2) is 0 Å². The maximum Gasteiger partial charge on any atom is 0.413 e. The topological polar surface area (TPSA) is 166 Å². The van der Waals surface area contributed by atoms with Crippen LogP contribution in [0.15, 0.2) is 17.1 Å². The van der Waals surface area contributed by atoms with Crippen LogP contribution < -0.4 is 11.0 Å². The number of nitrogens with one attached hydrogen (secondary N) is 1. The predicted molar refractivity (Wildman–Crippen MR) is 105 cm³/mol. The number of aromatic nitrogens is 2. The molecule has 2 rings (SSSR count). The molecule has 12 heteroatoms. The number of amides is 1. The summed E-state index contributed by atoms with van der Waals surface area (Å²) in [6.07, 6.45) is -1.13. The smallest absolute Gasteiger partial charge is 0.413 e. The molecule has 31 heavy (non-hydrogen) atoms. The molecular weight excluding hydrogens is 414 g/mol. The number of anilines is 1. The zero-order chi connectivity index (χ0) is 23.2. The second-order valence-corrected chi connectivity index (χ2v) is 8.01. The third kappa shape index (κ3) is 7.64. The highest BCUT2D eigenvalue weighted by molar-refractivity contribution is 5.83. The fraction of sp³-hybridized carbons (Fsp3) is 0.632. The van der Waals surface area contributed by atoms with Crippen LogP contribution in [0.4, 0.5) is 10.6 Å². The Morgan fingerprint density at radius 3 is 2.61 bits per heavy atom. The molecular formula is C19H27N3O9. The molecule has 12 nitrogen and oxygen atoms in total. The van der Waals surface area contributed by atoms with Gasteiger partial charge >= 0.3 is 23.7 Å². The molecule has 0 spiro atoms. The zero-order valence-electron chi connectivity index (χ0n) is 17.6. The Balaban J connectivity index is 1.98. The molecule has 3 atom stereocenters. The van der Waals surface area contributed by atoms with Gasteiger partial charge < -0.3 is 24.4 Å². The molecule has 1 amide bonds. The summed E-state index contributed by atoms with van der Waals surface area (Å²) >= 11 is 0. The quantitative estimate of drug-likeness (QED) is 0.493. The van der Waals surface area contributed by atoms with Crippen molar-refractivity contribution in [1.82, 2.24) is 9.55 Å². The van der Waals surface area contributed by atoms with Crippen LogP contribution in [0.3, 0.4) is 0 Å². The van der Waals surface area contributed by atoms with E-state index in [1.165, 1.54) is 16.8 Å². The number of hydrogen-bond donors (Lipinski definition) is 3. The normalized spacial score (nSPS) is 20.8. The molecule has 3 unspecified atom stereocenters. The van der Waals surface area contributed by atoms with Crippen LogP contribution in [0.5, 0.6) is 0 Å². The van der Waals surface area contributed by atoms with Gasteiger partial charge in [-0.05, 0) is 26.8 Å². The number of carbonyl (C=O) groups is 3. The van der Waals surface area contributed by atoms with E-state index in [1.807, 2.05) is 0 Å². The predicted octanol–water partition coefficient (Wildman–Crippen LogP) is 0.894. The fourth-order valence-electron chi connectivity index (χ4n) is 2.89. The summed E-state index contributed by atoms with van der Waals surface area (Å²) < 4.78 is 17.1. The van der Waals surface area contributed by atoms with E-state index < -0.39 is 47.6 Å². The minimum atomic E-state index is -1.11. The van der Waals surface area contributed by atoms with Gasteiger partial charge in [0.05, 0.1) is 18.9 Å². The van der Waals surface area contributed by atoms with Gasteiger partial charge in [0.2, 0.25) is 0 Å². The second kappa shape index (κ2) is 10.4. The second-order valence-electron chi connectivity index (χ2n) is 8.01. The Hall–Kier alpha value is -2.99. The van der Waals surface area contributed by atoms with Crippen LogP contribution in [-0.2, 0) is 23.8 Å². The Kier molecular flexibility index (Phi) is 8.11. The molecule has 0 radical (unpaired) electrons. The number of esters is 1. The molecule has 0 bridgehead atoms. The van der Waals surface area contributed by atoms with Crippen LogP contribution >= 0.6 is 0 Å². The van der Waals surface area contributed by atoms with Crippen LogP contribution in [-0.4, -0.2) is 62.7 Å². The summed E-state index contributed by atoms with van der Waals surface area (Å²) in [4.78, 5) is 50.1. The molecule has 1 fully saturated rings. The number of nitrogens with zero attached hydrogens (tertiary/aromatic N) is 2. The van der Waals surface area contributed by atoms with E-state index in [2.05, 4.69) is 10.3 Å². The van der Waals surface area contributed by atoms with Crippen LogP contribution in [0.25, 0.3) is 0 Å². The Bertz CT molecular complexity index is 862. The summed E-state index contributed by atoms with van der Waals surface area (Å²) in [5, 5.41) is 20.6. The minimum absolute atomic E-state index is 0.0103. The molecule has 1 aliphatic rings. The van der Waals surface area contributed by atoms with Gasteiger partial charge in [-0.3, -0.25) is 19.5 Å². The lowest BCUT2D eigenvalue weighted by atomic mass is 10.0. The van der Waals surface area contributed by atoms with Crippen LogP contribution in [0.2, 0.25) is 0 Å². The number of aliphatic hydroxyl groups is 1. The van der Waals surface area contributed by atoms with Crippen molar-refractivity contribution in [3.8, 4) is 0 Å². The van der Waals surface area contributed by atoms with Gasteiger partial charge in [0, 0.05) is 25.1 Å². The van der Waals surface area contributed by atoms with Crippen molar-refractivity contribution in [1.29, 1.82) is 0 Å². The Labute approximate surface area is 178 Å².